The van der Waals surface area contributed by atoms with Gasteiger partial charge in [-0.1, -0.05) is 72.8 Å². The minimum Gasteiger partial charge on any atom is -0.507 e. The quantitative estimate of drug-likeness (QED) is 0.445. The smallest absolute Gasteiger partial charge is 0.264 e. The lowest BCUT2D eigenvalue weighted by molar-refractivity contribution is -0.121. The lowest BCUT2D eigenvalue weighted by atomic mass is 9.91. The van der Waals surface area contributed by atoms with E-state index in [0.717, 1.165) is 27.9 Å². The molecule has 0 saturated carbocycles. The number of phenols is 1. The molecule has 0 spiro atoms. The number of hydrogen-bond donors (Lipinski definition) is 1. The van der Waals surface area contributed by atoms with Gasteiger partial charge in [-0.05, 0) is 34.4 Å². The van der Waals surface area contributed by atoms with Gasteiger partial charge in [0.2, 0.25) is 5.91 Å². The van der Waals surface area contributed by atoms with Crippen LogP contribution in [0.25, 0.3) is 11.1 Å². The number of benzene rings is 4. The van der Waals surface area contributed by atoms with Gasteiger partial charge in [-0.2, -0.15) is 0 Å². The Morgan fingerprint density at radius 2 is 1.53 bits per heavy atom. The molecule has 4 aromatic carbocycles. The molecule has 1 atom stereocenters. The van der Waals surface area contributed by atoms with Gasteiger partial charge in [0.15, 0.2) is 6.61 Å². The summed E-state index contributed by atoms with van der Waals surface area (Å²) in [6.45, 7) is 0.332. The van der Waals surface area contributed by atoms with E-state index in [1.807, 2.05) is 54.6 Å². The van der Waals surface area contributed by atoms with E-state index < -0.39 is 5.92 Å². The molecule has 0 saturated heterocycles. The van der Waals surface area contributed by atoms with Crippen molar-refractivity contribution in [2.75, 3.05) is 23.5 Å². The molecule has 6 heteroatoms. The zero-order valence-corrected chi connectivity index (χ0v) is 19.7. The maximum Gasteiger partial charge on any atom is 0.264 e. The molecule has 2 amide bonds. The van der Waals surface area contributed by atoms with Crippen molar-refractivity contribution in [1.82, 2.24) is 0 Å². The van der Waals surface area contributed by atoms with Gasteiger partial charge in [0.25, 0.3) is 5.91 Å². The Labute approximate surface area is 209 Å². The van der Waals surface area contributed by atoms with E-state index in [-0.39, 0.29) is 24.2 Å². The van der Waals surface area contributed by atoms with Crippen molar-refractivity contribution in [2.45, 2.75) is 12.5 Å². The Balaban J connectivity index is 1.35. The third-order valence-electron chi connectivity index (χ3n) is 6.96. The Bertz CT molecular complexity index is 1480. The summed E-state index contributed by atoms with van der Waals surface area (Å²) in [5, 5.41) is 10.9. The second kappa shape index (κ2) is 8.57. The summed E-state index contributed by atoms with van der Waals surface area (Å²) < 4.78 is 5.50. The van der Waals surface area contributed by atoms with Crippen LogP contribution in [0.5, 0.6) is 11.5 Å². The van der Waals surface area contributed by atoms with Crippen LogP contribution in [0.1, 0.15) is 22.6 Å². The zero-order valence-electron chi connectivity index (χ0n) is 19.7. The number of fused-ring (bicyclic) bond motifs is 2. The van der Waals surface area contributed by atoms with E-state index in [4.69, 9.17) is 4.74 Å². The third-order valence-corrected chi connectivity index (χ3v) is 6.96. The molecule has 2 aliphatic rings. The van der Waals surface area contributed by atoms with Gasteiger partial charge in [0.1, 0.15) is 11.5 Å². The first-order valence-corrected chi connectivity index (χ1v) is 11.8. The SMILES string of the molecule is CN1C(=O)COc2cc(O)c(C3C(=O)N(Cc4ccc(-c5ccccc5)cc4)c4ccccc43)cc21. The van der Waals surface area contributed by atoms with Gasteiger partial charge in [0.05, 0.1) is 18.2 Å². The average molecular weight is 477 g/mol. The first-order valence-electron chi connectivity index (χ1n) is 11.8. The highest BCUT2D eigenvalue weighted by molar-refractivity contribution is 6.07. The van der Waals surface area contributed by atoms with Gasteiger partial charge >= 0.3 is 0 Å². The number of rotatable bonds is 4. The minimum absolute atomic E-state index is 0.0290. The van der Waals surface area contributed by atoms with E-state index in [2.05, 4.69) is 24.3 Å². The van der Waals surface area contributed by atoms with Crippen LogP contribution in [-0.2, 0) is 16.1 Å². The van der Waals surface area contributed by atoms with Crippen molar-refractivity contribution in [3.05, 3.63) is 108 Å². The topological polar surface area (TPSA) is 70.1 Å². The van der Waals surface area contributed by atoms with Crippen molar-refractivity contribution >= 4 is 23.2 Å². The normalized spacial score (nSPS) is 16.5. The predicted molar refractivity (Wildman–Crippen MR) is 138 cm³/mol. The molecule has 0 aromatic heterocycles. The molecule has 4 aromatic rings. The standard InChI is InChI=1S/C30H24N2O4/c1-31-25-15-23(26(33)16-27(25)36-18-28(31)34)29-22-9-5-6-10-24(22)32(30(29)35)17-19-11-13-21(14-12-19)20-7-3-2-4-8-20/h2-16,29,33H,17-18H2,1H3. The monoisotopic (exact) mass is 476 g/mol. The molecule has 1 unspecified atom stereocenters. The number of phenolic OH excluding ortho intramolecular Hbond substituents is 1. The van der Waals surface area contributed by atoms with E-state index in [1.165, 1.54) is 11.0 Å². The Morgan fingerprint density at radius 1 is 0.833 bits per heavy atom. The Kier molecular flexibility index (Phi) is 5.22. The number of ether oxygens (including phenoxy) is 1. The van der Waals surface area contributed by atoms with Gasteiger partial charge in [0, 0.05) is 24.4 Å². The summed E-state index contributed by atoms with van der Waals surface area (Å²) in [5.74, 6) is -0.589. The fraction of sp³-hybridized carbons (Fsp3) is 0.133. The van der Waals surface area contributed by atoms with Crippen LogP contribution in [0.2, 0.25) is 0 Å². The number of hydrogen-bond acceptors (Lipinski definition) is 4. The first-order chi connectivity index (χ1) is 17.5. The maximum atomic E-state index is 13.8. The molecule has 6 nitrogen and oxygen atoms in total. The summed E-state index contributed by atoms with van der Waals surface area (Å²) in [6.07, 6.45) is 0. The largest absolute Gasteiger partial charge is 0.507 e. The van der Waals surface area contributed by atoms with Gasteiger partial charge in [-0.3, -0.25) is 9.59 Å². The van der Waals surface area contributed by atoms with Crippen LogP contribution in [0, 0.1) is 0 Å². The second-order valence-corrected chi connectivity index (χ2v) is 9.10. The molecule has 0 fully saturated rings. The molecule has 0 radical (unpaired) electrons. The molecule has 2 heterocycles. The fourth-order valence-electron chi connectivity index (χ4n) is 5.02. The summed E-state index contributed by atoms with van der Waals surface area (Å²) >= 11 is 0. The molecular formula is C30H24N2O4. The number of likely N-dealkylation sites (N-methyl/N-ethyl adjacent to an activating group) is 1. The third kappa shape index (κ3) is 3.58. The highest BCUT2D eigenvalue weighted by Crippen LogP contribution is 2.47. The average Bonchev–Trinajstić information content (AvgIpc) is 3.18. The fourth-order valence-corrected chi connectivity index (χ4v) is 5.02. The number of amides is 2. The molecule has 0 bridgehead atoms. The highest BCUT2D eigenvalue weighted by atomic mass is 16.5. The van der Waals surface area contributed by atoms with Crippen LogP contribution >= 0.6 is 0 Å². The van der Waals surface area contributed by atoms with Crippen LogP contribution in [0.15, 0.2) is 91.0 Å². The number of aromatic hydroxyl groups is 1. The van der Waals surface area contributed by atoms with Gasteiger partial charge < -0.3 is 19.6 Å². The summed E-state index contributed by atoms with van der Waals surface area (Å²) in [4.78, 5) is 29.3. The molecular weight excluding hydrogens is 452 g/mol. The van der Waals surface area contributed by atoms with Crippen molar-refractivity contribution in [3.63, 3.8) is 0 Å². The molecule has 0 aliphatic carbocycles. The van der Waals surface area contributed by atoms with Crippen molar-refractivity contribution in [1.29, 1.82) is 0 Å². The number of carbonyl (C=O) groups is 2. The summed E-state index contributed by atoms with van der Waals surface area (Å²) in [6, 6.07) is 29.2. The zero-order chi connectivity index (χ0) is 24.8. The number of carbonyl (C=O) groups excluding carboxylic acids is 2. The van der Waals surface area contributed by atoms with Crippen molar-refractivity contribution in [2.24, 2.45) is 0 Å². The summed E-state index contributed by atoms with van der Waals surface area (Å²) in [7, 11) is 1.67. The Hall–Kier alpha value is -4.58. The summed E-state index contributed by atoms with van der Waals surface area (Å²) in [5.41, 5.74) is 5.90. The number of nitrogens with zero attached hydrogens (tertiary/aromatic N) is 2. The van der Waals surface area contributed by atoms with Gasteiger partial charge in [-0.15, -0.1) is 0 Å². The number of anilines is 2. The van der Waals surface area contributed by atoms with Crippen LogP contribution in [-0.4, -0.2) is 30.6 Å². The maximum absolute atomic E-state index is 13.8. The van der Waals surface area contributed by atoms with E-state index in [0.29, 0.717) is 23.5 Å². The number of para-hydroxylation sites is 1. The highest BCUT2D eigenvalue weighted by Gasteiger charge is 2.40. The molecule has 6 rings (SSSR count). The van der Waals surface area contributed by atoms with Crippen molar-refractivity contribution < 1.29 is 19.4 Å². The van der Waals surface area contributed by atoms with E-state index in [1.54, 1.807) is 18.0 Å². The van der Waals surface area contributed by atoms with Crippen molar-refractivity contribution in [3.8, 4) is 22.6 Å². The van der Waals surface area contributed by atoms with Crippen LogP contribution < -0.4 is 14.5 Å². The minimum atomic E-state index is -0.680. The predicted octanol–water partition coefficient (Wildman–Crippen LogP) is 5.09. The van der Waals surface area contributed by atoms with E-state index >= 15 is 0 Å². The Morgan fingerprint density at radius 3 is 2.31 bits per heavy atom. The molecule has 178 valence electrons. The lowest BCUT2D eigenvalue weighted by Gasteiger charge is -2.27. The lowest BCUT2D eigenvalue weighted by Crippen LogP contribution is -2.35. The molecule has 1 N–H and O–H groups in total. The molecule has 36 heavy (non-hydrogen) atoms. The van der Waals surface area contributed by atoms with E-state index in [9.17, 15) is 14.7 Å². The van der Waals surface area contributed by atoms with Crippen LogP contribution in [0.4, 0.5) is 11.4 Å². The first kappa shape index (κ1) is 21.9. The van der Waals surface area contributed by atoms with Gasteiger partial charge in [-0.25, -0.2) is 0 Å². The van der Waals surface area contributed by atoms with Crippen LogP contribution in [0.3, 0.4) is 0 Å². The molecule has 2 aliphatic heterocycles. The second-order valence-electron chi connectivity index (χ2n) is 9.10.